The molecule has 0 spiro atoms. The summed E-state index contributed by atoms with van der Waals surface area (Å²) in [5, 5.41) is 5.50. The van der Waals surface area contributed by atoms with Crippen molar-refractivity contribution >= 4 is 12.2 Å². The van der Waals surface area contributed by atoms with Gasteiger partial charge in [0.05, 0.1) is 19.8 Å². The van der Waals surface area contributed by atoms with E-state index >= 15 is 0 Å². The van der Waals surface area contributed by atoms with E-state index < -0.39 is 29.5 Å². The zero-order valence-corrected chi connectivity index (χ0v) is 25.9. The molecular weight excluding hydrogens is 588 g/mol. The molecule has 2 amide bonds. The molecule has 0 aliphatic heterocycles. The Labute approximate surface area is 232 Å². The van der Waals surface area contributed by atoms with Gasteiger partial charge in [-0.2, -0.15) is 0 Å². The first-order chi connectivity index (χ1) is 15.2. The monoisotopic (exact) mass is 636 g/mol. The summed E-state index contributed by atoms with van der Waals surface area (Å²) in [4.78, 5) is 23.6. The number of amides is 2. The Morgan fingerprint density at radius 1 is 0.829 bits per heavy atom. The van der Waals surface area contributed by atoms with E-state index in [1.165, 1.54) is 0 Å². The third-order valence-corrected chi connectivity index (χ3v) is 5.80. The van der Waals surface area contributed by atoms with Crippen molar-refractivity contribution in [1.82, 2.24) is 10.6 Å². The maximum absolute atomic E-state index is 12.1. The highest BCUT2D eigenvalue weighted by atomic mass is 79.9. The van der Waals surface area contributed by atoms with Crippen LogP contribution in [0.4, 0.5) is 9.59 Å². The number of ether oxygens (including phenoxy) is 4. The molecule has 1 atom stereocenters. The molecule has 0 saturated carbocycles. The van der Waals surface area contributed by atoms with Crippen molar-refractivity contribution in [3.8, 4) is 0 Å². The molecule has 0 aromatic rings. The summed E-state index contributed by atoms with van der Waals surface area (Å²) < 4.78 is 22.0. The minimum atomic E-state index is -0.663. The molecule has 212 valence electrons. The van der Waals surface area contributed by atoms with Gasteiger partial charge in [0.15, 0.2) is 0 Å². The van der Waals surface area contributed by atoms with E-state index in [0.29, 0.717) is 32.8 Å². The Hall–Kier alpha value is -0.660. The standard InChI is InChI=1S/C23H48N4O6.2BrH/c1-18(21(2,3)33-23(6,7)22(4,5)25)32-20(29)27-14-11-9-8-10-13-26-19(28)31-17-16-30-15-12-24;;/h18H,8-17,24-25H2,1-7H3,(H,26,28)(H,27,29);2*1H. The van der Waals surface area contributed by atoms with Gasteiger partial charge in [0, 0.05) is 13.1 Å². The van der Waals surface area contributed by atoms with Gasteiger partial charge in [-0.1, -0.05) is 12.8 Å². The van der Waals surface area contributed by atoms with Gasteiger partial charge in [-0.15, -0.1) is 0 Å². The van der Waals surface area contributed by atoms with E-state index in [1.807, 2.05) is 48.5 Å². The fourth-order valence-corrected chi connectivity index (χ4v) is 2.66. The van der Waals surface area contributed by atoms with Crippen molar-refractivity contribution < 1.29 is 74.0 Å². The van der Waals surface area contributed by atoms with E-state index in [-0.39, 0.29) is 46.1 Å². The number of unbranched alkanes of at least 4 members (excludes halogenated alkanes) is 3. The summed E-state index contributed by atoms with van der Waals surface area (Å²) in [6.07, 6.45) is 2.25. The topological polar surface area (TPSA) is 150 Å². The summed E-state index contributed by atoms with van der Waals surface area (Å²) in [7, 11) is 0. The second-order valence-corrected chi connectivity index (χ2v) is 10.0. The lowest BCUT2D eigenvalue weighted by atomic mass is 9.85. The van der Waals surface area contributed by atoms with Crippen LogP contribution in [0.2, 0.25) is 0 Å². The van der Waals surface area contributed by atoms with Crippen molar-refractivity contribution in [3.63, 3.8) is 0 Å². The Morgan fingerprint density at radius 3 is 1.83 bits per heavy atom. The van der Waals surface area contributed by atoms with E-state index in [0.717, 1.165) is 25.7 Å². The van der Waals surface area contributed by atoms with Gasteiger partial charge in [-0.25, -0.2) is 9.59 Å². The molecule has 0 aromatic carbocycles. The minimum absolute atomic E-state index is 0. The molecule has 0 aromatic heterocycles. The van der Waals surface area contributed by atoms with Gasteiger partial charge in [0.25, 0.3) is 0 Å². The molecule has 0 radical (unpaired) electrons. The number of halogens is 2. The normalized spacial score (nSPS) is 12.6. The number of carbonyl (C=O) groups is 2. The Bertz CT molecular complexity index is 575. The van der Waals surface area contributed by atoms with Crippen molar-refractivity contribution in [2.24, 2.45) is 0 Å². The smallest absolute Gasteiger partial charge is 0.407 e. The molecule has 1 unspecified atom stereocenters. The first kappa shape index (κ1) is 38.9. The van der Waals surface area contributed by atoms with Gasteiger partial charge in [0.1, 0.15) is 29.5 Å². The highest BCUT2D eigenvalue weighted by molar-refractivity contribution is 5.67. The molecule has 10 nitrogen and oxygen atoms in total. The SMILES string of the molecule is CC(OC(=O)NCCCCCCNC(=O)OCCOCC[NH3+])C(C)(C)OC(C)(C)C(C)(C)[NH3+].[Br-].[Br-]. The van der Waals surface area contributed by atoms with E-state index in [4.69, 9.17) is 18.9 Å². The maximum atomic E-state index is 12.1. The summed E-state index contributed by atoms with van der Waals surface area (Å²) in [6, 6.07) is 0. The average Bonchev–Trinajstić information content (AvgIpc) is 2.68. The number of nitrogens with one attached hydrogen (secondary N) is 2. The Kier molecular flexibility index (Phi) is 21.6. The van der Waals surface area contributed by atoms with Crippen LogP contribution in [-0.2, 0) is 18.9 Å². The van der Waals surface area contributed by atoms with E-state index in [2.05, 4.69) is 22.1 Å². The average molecular weight is 638 g/mol. The molecule has 12 heteroatoms. The van der Waals surface area contributed by atoms with Gasteiger partial charge in [-0.05, 0) is 61.3 Å². The number of alkyl carbamates (subject to hydrolysis) is 2. The third-order valence-electron chi connectivity index (χ3n) is 5.80. The summed E-state index contributed by atoms with van der Waals surface area (Å²) in [5.74, 6) is 0. The molecule has 35 heavy (non-hydrogen) atoms. The molecule has 0 aliphatic rings. The first-order valence-electron chi connectivity index (χ1n) is 12.0. The van der Waals surface area contributed by atoms with Crippen LogP contribution < -0.4 is 56.1 Å². The van der Waals surface area contributed by atoms with Gasteiger partial charge in [0.2, 0.25) is 0 Å². The Morgan fingerprint density at radius 2 is 1.34 bits per heavy atom. The van der Waals surface area contributed by atoms with Gasteiger partial charge < -0.3 is 75.0 Å². The maximum Gasteiger partial charge on any atom is 0.407 e. The van der Waals surface area contributed by atoms with Crippen LogP contribution in [0.1, 0.15) is 74.1 Å². The largest absolute Gasteiger partial charge is 1.00 e. The molecule has 0 rings (SSSR count). The molecule has 8 N–H and O–H groups in total. The molecule has 0 heterocycles. The van der Waals surface area contributed by atoms with Crippen molar-refractivity contribution in [2.75, 3.05) is 39.5 Å². The third kappa shape index (κ3) is 18.3. The van der Waals surface area contributed by atoms with Crippen LogP contribution in [0.15, 0.2) is 0 Å². The molecule has 0 fully saturated rings. The molecule has 0 bridgehead atoms. The number of hydrogen-bond acceptors (Lipinski definition) is 6. The fourth-order valence-electron chi connectivity index (χ4n) is 2.66. The fraction of sp³-hybridized carbons (Fsp3) is 0.913. The number of carbonyl (C=O) groups excluding carboxylic acids is 2. The van der Waals surface area contributed by atoms with Crippen LogP contribution >= 0.6 is 0 Å². The predicted octanol–water partition coefficient (Wildman–Crippen LogP) is -4.75. The Balaban J connectivity index is -0.00000512. The number of rotatable bonds is 17. The van der Waals surface area contributed by atoms with Crippen molar-refractivity contribution in [2.45, 2.75) is 97.0 Å². The second-order valence-electron chi connectivity index (χ2n) is 10.0. The van der Waals surface area contributed by atoms with Gasteiger partial charge in [-0.3, -0.25) is 0 Å². The van der Waals surface area contributed by atoms with Crippen molar-refractivity contribution in [1.29, 1.82) is 0 Å². The van der Waals surface area contributed by atoms with Crippen LogP contribution in [0, 0.1) is 0 Å². The van der Waals surface area contributed by atoms with E-state index in [9.17, 15) is 9.59 Å². The van der Waals surface area contributed by atoms with Crippen molar-refractivity contribution in [3.05, 3.63) is 0 Å². The minimum Gasteiger partial charge on any atom is -1.00 e. The zero-order valence-electron chi connectivity index (χ0n) is 22.8. The summed E-state index contributed by atoms with van der Waals surface area (Å²) in [6.45, 7) is 16.7. The lowest BCUT2D eigenvalue weighted by Crippen LogP contribution is -3.00. The highest BCUT2D eigenvalue weighted by Crippen LogP contribution is 2.30. The molecule has 0 aliphatic carbocycles. The predicted molar refractivity (Wildman–Crippen MR) is 127 cm³/mol. The number of quaternary nitrogens is 2. The highest BCUT2D eigenvalue weighted by Gasteiger charge is 2.44. The lowest BCUT2D eigenvalue weighted by molar-refractivity contribution is -0.505. The zero-order chi connectivity index (χ0) is 25.5. The molecule has 0 saturated heterocycles. The van der Waals surface area contributed by atoms with Crippen LogP contribution in [0.5, 0.6) is 0 Å². The lowest BCUT2D eigenvalue weighted by Gasteiger charge is -2.43. The molecular formula is C23H50Br2N4O6. The van der Waals surface area contributed by atoms with Gasteiger partial charge >= 0.3 is 12.2 Å². The first-order valence-corrected chi connectivity index (χ1v) is 12.0. The van der Waals surface area contributed by atoms with E-state index in [1.54, 1.807) is 0 Å². The second kappa shape index (κ2) is 19.5. The quantitative estimate of drug-likeness (QED) is 0.118. The van der Waals surface area contributed by atoms with Crippen LogP contribution in [0.25, 0.3) is 0 Å². The summed E-state index contributed by atoms with van der Waals surface area (Å²) in [5.41, 5.74) is 6.38. The summed E-state index contributed by atoms with van der Waals surface area (Å²) >= 11 is 0. The number of hydrogen-bond donors (Lipinski definition) is 4. The van der Waals surface area contributed by atoms with Crippen LogP contribution in [0.3, 0.4) is 0 Å². The van der Waals surface area contributed by atoms with Crippen LogP contribution in [-0.4, -0.2) is 74.5 Å².